The third kappa shape index (κ3) is 7.58. The van der Waals surface area contributed by atoms with E-state index in [9.17, 15) is 8.42 Å². The first-order valence-electron chi connectivity index (χ1n) is 7.94. The maximum Gasteiger partial charge on any atom is 0.216 e. The molecular formula is C15H32N2O3S. The van der Waals surface area contributed by atoms with Crippen LogP contribution in [0.25, 0.3) is 0 Å². The zero-order valence-electron chi connectivity index (χ0n) is 14.2. The second kappa shape index (κ2) is 7.90. The van der Waals surface area contributed by atoms with Gasteiger partial charge in [0.05, 0.1) is 18.5 Å². The maximum absolute atomic E-state index is 12.2. The standard InChI is InChI=1S/C15H32N2O3S/c1-13(2)20-10-11-21(18,19)17-8-6-14(7-9-17)12-16-15(3,4)5/h13-14,16H,6-12H2,1-5H3. The van der Waals surface area contributed by atoms with E-state index in [-0.39, 0.29) is 24.0 Å². The van der Waals surface area contributed by atoms with Gasteiger partial charge in [-0.2, -0.15) is 0 Å². The summed E-state index contributed by atoms with van der Waals surface area (Å²) in [6.45, 7) is 12.8. The van der Waals surface area contributed by atoms with Crippen LogP contribution in [0.3, 0.4) is 0 Å². The van der Waals surface area contributed by atoms with Crippen LogP contribution in [0.5, 0.6) is 0 Å². The fourth-order valence-electron chi connectivity index (χ4n) is 2.36. The van der Waals surface area contributed by atoms with Crippen molar-refractivity contribution < 1.29 is 13.2 Å². The molecule has 21 heavy (non-hydrogen) atoms. The molecule has 6 heteroatoms. The largest absolute Gasteiger partial charge is 0.378 e. The van der Waals surface area contributed by atoms with E-state index in [4.69, 9.17) is 4.74 Å². The SMILES string of the molecule is CC(C)OCCS(=O)(=O)N1CCC(CNC(C)(C)C)CC1. The molecule has 1 rings (SSSR count). The quantitative estimate of drug-likeness (QED) is 0.777. The minimum absolute atomic E-state index is 0.0782. The molecule has 0 aromatic carbocycles. The average molecular weight is 320 g/mol. The van der Waals surface area contributed by atoms with Gasteiger partial charge in [0, 0.05) is 18.6 Å². The van der Waals surface area contributed by atoms with Crippen molar-refractivity contribution in [2.45, 2.75) is 59.1 Å². The van der Waals surface area contributed by atoms with Gasteiger partial charge in [-0.25, -0.2) is 12.7 Å². The van der Waals surface area contributed by atoms with Crippen molar-refractivity contribution in [2.24, 2.45) is 5.92 Å². The van der Waals surface area contributed by atoms with Crippen LogP contribution in [0.1, 0.15) is 47.5 Å². The van der Waals surface area contributed by atoms with Crippen molar-refractivity contribution in [1.29, 1.82) is 0 Å². The van der Waals surface area contributed by atoms with Crippen LogP contribution in [0.15, 0.2) is 0 Å². The van der Waals surface area contributed by atoms with Gasteiger partial charge in [0.2, 0.25) is 10.0 Å². The molecule has 0 aliphatic carbocycles. The molecule has 0 bridgehead atoms. The van der Waals surface area contributed by atoms with Crippen LogP contribution in [-0.2, 0) is 14.8 Å². The molecular weight excluding hydrogens is 288 g/mol. The summed E-state index contributed by atoms with van der Waals surface area (Å²) in [7, 11) is -3.16. The van der Waals surface area contributed by atoms with Crippen molar-refractivity contribution in [3.63, 3.8) is 0 Å². The van der Waals surface area contributed by atoms with E-state index in [2.05, 4.69) is 26.1 Å². The van der Waals surface area contributed by atoms with Crippen molar-refractivity contribution in [3.8, 4) is 0 Å². The van der Waals surface area contributed by atoms with Crippen molar-refractivity contribution in [1.82, 2.24) is 9.62 Å². The first-order chi connectivity index (χ1) is 9.60. The topological polar surface area (TPSA) is 58.6 Å². The van der Waals surface area contributed by atoms with Crippen LogP contribution >= 0.6 is 0 Å². The summed E-state index contributed by atoms with van der Waals surface area (Å²) in [4.78, 5) is 0. The highest BCUT2D eigenvalue weighted by molar-refractivity contribution is 7.89. The Balaban J connectivity index is 2.34. The summed E-state index contributed by atoms with van der Waals surface area (Å²) in [6, 6.07) is 0. The predicted molar refractivity (Wildman–Crippen MR) is 86.9 cm³/mol. The number of nitrogens with zero attached hydrogens (tertiary/aromatic N) is 1. The van der Waals surface area contributed by atoms with Crippen LogP contribution in [0, 0.1) is 5.92 Å². The van der Waals surface area contributed by atoms with E-state index in [0.717, 1.165) is 19.4 Å². The van der Waals surface area contributed by atoms with Crippen molar-refractivity contribution >= 4 is 10.0 Å². The normalized spacial score (nSPS) is 19.3. The molecule has 0 aromatic rings. The number of rotatable bonds is 7. The first-order valence-corrected chi connectivity index (χ1v) is 9.55. The lowest BCUT2D eigenvalue weighted by Gasteiger charge is -2.33. The Morgan fingerprint density at radius 2 is 1.81 bits per heavy atom. The second-order valence-electron chi connectivity index (χ2n) is 7.21. The van der Waals surface area contributed by atoms with Gasteiger partial charge in [-0.3, -0.25) is 0 Å². The van der Waals surface area contributed by atoms with E-state index < -0.39 is 10.0 Å². The lowest BCUT2D eigenvalue weighted by molar-refractivity contribution is 0.0904. The maximum atomic E-state index is 12.2. The number of hydrogen-bond acceptors (Lipinski definition) is 4. The van der Waals surface area contributed by atoms with E-state index in [1.807, 2.05) is 13.8 Å². The van der Waals surface area contributed by atoms with Gasteiger partial charge in [0.25, 0.3) is 0 Å². The fraction of sp³-hybridized carbons (Fsp3) is 1.00. The lowest BCUT2D eigenvalue weighted by atomic mass is 9.97. The zero-order valence-corrected chi connectivity index (χ0v) is 15.0. The number of piperidine rings is 1. The minimum Gasteiger partial charge on any atom is -0.378 e. The zero-order chi connectivity index (χ0) is 16.1. The summed E-state index contributed by atoms with van der Waals surface area (Å²) in [5, 5.41) is 3.50. The van der Waals surface area contributed by atoms with E-state index in [1.54, 1.807) is 4.31 Å². The third-order valence-corrected chi connectivity index (χ3v) is 5.51. The first kappa shape index (κ1) is 18.9. The van der Waals surface area contributed by atoms with Gasteiger partial charge in [0.15, 0.2) is 0 Å². The number of hydrogen-bond donors (Lipinski definition) is 1. The van der Waals surface area contributed by atoms with E-state index >= 15 is 0 Å². The minimum atomic E-state index is -3.16. The Bertz CT molecular complexity index is 394. The smallest absolute Gasteiger partial charge is 0.216 e. The molecule has 0 radical (unpaired) electrons. The Labute approximate surface area is 130 Å². The highest BCUT2D eigenvalue weighted by Crippen LogP contribution is 2.20. The Kier molecular flexibility index (Phi) is 7.10. The molecule has 0 saturated carbocycles. The molecule has 5 nitrogen and oxygen atoms in total. The molecule has 1 aliphatic heterocycles. The Morgan fingerprint density at radius 3 is 2.29 bits per heavy atom. The van der Waals surface area contributed by atoms with Gasteiger partial charge in [-0.15, -0.1) is 0 Å². The molecule has 1 fully saturated rings. The molecule has 1 saturated heterocycles. The van der Waals surface area contributed by atoms with Gasteiger partial charge in [-0.1, -0.05) is 0 Å². The summed E-state index contributed by atoms with van der Waals surface area (Å²) < 4.78 is 31.4. The predicted octanol–water partition coefficient (Wildman–Crippen LogP) is 1.84. The van der Waals surface area contributed by atoms with Gasteiger partial charge in [0.1, 0.15) is 0 Å². The fourth-order valence-corrected chi connectivity index (χ4v) is 3.69. The van der Waals surface area contributed by atoms with Crippen LogP contribution in [0.2, 0.25) is 0 Å². The Hall–Kier alpha value is -0.170. The summed E-state index contributed by atoms with van der Waals surface area (Å²) >= 11 is 0. The highest BCUT2D eigenvalue weighted by atomic mass is 32.2. The summed E-state index contributed by atoms with van der Waals surface area (Å²) in [5.41, 5.74) is 0.122. The lowest BCUT2D eigenvalue weighted by Crippen LogP contribution is -2.45. The second-order valence-corrected chi connectivity index (χ2v) is 9.30. The molecule has 1 aliphatic rings. The van der Waals surface area contributed by atoms with E-state index in [1.165, 1.54) is 0 Å². The number of sulfonamides is 1. The van der Waals surface area contributed by atoms with Gasteiger partial charge >= 0.3 is 0 Å². The van der Waals surface area contributed by atoms with Crippen molar-refractivity contribution in [3.05, 3.63) is 0 Å². The van der Waals surface area contributed by atoms with Gasteiger partial charge < -0.3 is 10.1 Å². The molecule has 1 N–H and O–H groups in total. The molecule has 126 valence electrons. The molecule has 0 aromatic heterocycles. The van der Waals surface area contributed by atoms with Crippen LogP contribution in [0.4, 0.5) is 0 Å². The highest BCUT2D eigenvalue weighted by Gasteiger charge is 2.28. The summed E-state index contributed by atoms with van der Waals surface area (Å²) in [5.74, 6) is 0.665. The number of nitrogens with one attached hydrogen (secondary N) is 1. The Morgan fingerprint density at radius 1 is 1.24 bits per heavy atom. The van der Waals surface area contributed by atoms with Crippen LogP contribution in [-0.4, -0.2) is 56.4 Å². The monoisotopic (exact) mass is 320 g/mol. The molecule has 1 heterocycles. The third-order valence-electron chi connectivity index (χ3n) is 3.68. The molecule has 0 spiro atoms. The van der Waals surface area contributed by atoms with Gasteiger partial charge in [-0.05, 0) is 59.9 Å². The molecule has 0 amide bonds. The number of ether oxygens (including phenoxy) is 1. The summed E-state index contributed by atoms with van der Waals surface area (Å²) in [6.07, 6.45) is 1.95. The average Bonchev–Trinajstić information content (AvgIpc) is 2.35. The van der Waals surface area contributed by atoms with Crippen LogP contribution < -0.4 is 5.32 Å². The van der Waals surface area contributed by atoms with E-state index in [0.29, 0.717) is 19.0 Å². The molecule has 0 atom stereocenters. The van der Waals surface area contributed by atoms with Crippen molar-refractivity contribution in [2.75, 3.05) is 32.0 Å². The molecule has 0 unspecified atom stereocenters.